The zero-order valence-electron chi connectivity index (χ0n) is 7.58. The maximum absolute atomic E-state index is 12.1. The molecule has 0 bridgehead atoms. The van der Waals surface area contributed by atoms with Crippen molar-refractivity contribution >= 4 is 38.0 Å². The van der Waals surface area contributed by atoms with Crippen LogP contribution >= 0.6 is 21.0 Å². The Balaban J connectivity index is 3.17. The smallest absolute Gasteiger partial charge is 0.447 e. The Hall–Kier alpha value is -1.01. The molecule has 3 N–H and O–H groups in total. The first-order chi connectivity index (χ1) is 7.22. The third-order valence-corrected chi connectivity index (χ3v) is 3.11. The number of carbonyl (C=O) groups is 1. The fourth-order valence-corrected chi connectivity index (χ4v) is 1.84. The van der Waals surface area contributed by atoms with Gasteiger partial charge in [0.2, 0.25) is 0 Å². The van der Waals surface area contributed by atoms with E-state index in [-0.39, 0.29) is 21.6 Å². The highest BCUT2D eigenvalue weighted by molar-refractivity contribution is 8.00. The highest BCUT2D eigenvalue weighted by atomic mass is 32.2. The number of thioether (sulfide) groups is 1. The third kappa shape index (κ3) is 2.99. The summed E-state index contributed by atoms with van der Waals surface area (Å²) >= 11 is -0.443. The Morgan fingerprint density at radius 3 is 2.56 bits per heavy atom. The quantitative estimate of drug-likeness (QED) is 0.628. The van der Waals surface area contributed by atoms with Crippen molar-refractivity contribution in [3.8, 4) is 0 Å². The van der Waals surface area contributed by atoms with Crippen LogP contribution in [0, 0.1) is 0 Å². The molecule has 0 amide bonds. The first kappa shape index (κ1) is 13.1. The van der Waals surface area contributed by atoms with Crippen LogP contribution in [0.2, 0.25) is 0 Å². The van der Waals surface area contributed by atoms with Crippen LogP contribution < -0.4 is 11.0 Å². The molecule has 0 saturated carbocycles. The lowest BCUT2D eigenvalue weighted by Crippen LogP contribution is -2.15. The number of aromatic nitrogens is 1. The van der Waals surface area contributed by atoms with E-state index in [4.69, 9.17) is 10.8 Å². The normalized spacial score (nSPS) is 11.5. The maximum atomic E-state index is 12.1. The van der Waals surface area contributed by atoms with Crippen LogP contribution in [0.15, 0.2) is 11.2 Å². The van der Waals surface area contributed by atoms with E-state index in [2.05, 4.69) is 4.98 Å². The summed E-state index contributed by atoms with van der Waals surface area (Å²) in [4.78, 5) is 14.0. The van der Waals surface area contributed by atoms with Crippen molar-refractivity contribution < 1.29 is 23.1 Å². The maximum Gasteiger partial charge on any atom is 0.447 e. The average molecular weight is 270 g/mol. The number of hydrogen-bond acceptors (Lipinski definition) is 4. The average Bonchev–Trinajstić information content (AvgIpc) is 2.10. The molecule has 0 fully saturated rings. The van der Waals surface area contributed by atoms with E-state index < -0.39 is 23.2 Å². The SMILES string of the molecule is Nc1c(C(=O)O)cnc(SC(F)(F)F)c1P. The Bertz CT molecular complexity index is 438. The number of alkyl halides is 3. The number of rotatable bonds is 2. The van der Waals surface area contributed by atoms with Crippen molar-refractivity contribution in [1.29, 1.82) is 0 Å². The number of carboxylic acid groups (broad SMARTS) is 1. The van der Waals surface area contributed by atoms with Crippen LogP contribution in [0.5, 0.6) is 0 Å². The van der Waals surface area contributed by atoms with Gasteiger partial charge >= 0.3 is 11.5 Å². The minimum absolute atomic E-state index is 0.0674. The summed E-state index contributed by atoms with van der Waals surface area (Å²) in [6, 6.07) is 0. The number of halogens is 3. The van der Waals surface area contributed by atoms with E-state index in [0.717, 1.165) is 6.20 Å². The van der Waals surface area contributed by atoms with Crippen LogP contribution in [0.1, 0.15) is 10.4 Å². The summed E-state index contributed by atoms with van der Waals surface area (Å²) in [7, 11) is 1.95. The lowest BCUT2D eigenvalue weighted by atomic mass is 10.2. The molecule has 9 heteroatoms. The van der Waals surface area contributed by atoms with Gasteiger partial charge in [0, 0.05) is 23.3 Å². The van der Waals surface area contributed by atoms with Crippen molar-refractivity contribution in [3.05, 3.63) is 11.8 Å². The van der Waals surface area contributed by atoms with Gasteiger partial charge in [-0.1, -0.05) is 0 Å². The molecule has 0 aliphatic rings. The minimum atomic E-state index is -4.49. The molecule has 1 heterocycles. The van der Waals surface area contributed by atoms with Gasteiger partial charge < -0.3 is 10.8 Å². The fourth-order valence-electron chi connectivity index (χ4n) is 0.884. The van der Waals surface area contributed by atoms with Gasteiger partial charge in [0.05, 0.1) is 5.69 Å². The standard InChI is InChI=1S/C7H6F3N2O2PS/c8-7(9,10)16-5-4(15)3(11)2(1-12-5)6(13)14/h1H,15H2,(H2,11,12)(H,13,14). The molecular formula is C7H6F3N2O2PS. The van der Waals surface area contributed by atoms with Gasteiger partial charge in [-0.25, -0.2) is 9.78 Å². The summed E-state index contributed by atoms with van der Waals surface area (Å²) in [6.45, 7) is 0. The number of hydrogen-bond donors (Lipinski definition) is 2. The predicted molar refractivity (Wildman–Crippen MR) is 56.9 cm³/mol. The largest absolute Gasteiger partial charge is 0.478 e. The lowest BCUT2D eigenvalue weighted by molar-refractivity contribution is -0.0329. The van der Waals surface area contributed by atoms with E-state index in [9.17, 15) is 18.0 Å². The highest BCUT2D eigenvalue weighted by Gasteiger charge is 2.31. The molecule has 1 rings (SSSR count). The van der Waals surface area contributed by atoms with Crippen LogP contribution in [0.25, 0.3) is 0 Å². The first-order valence-corrected chi connectivity index (χ1v) is 5.14. The van der Waals surface area contributed by atoms with Crippen molar-refractivity contribution in [2.24, 2.45) is 0 Å². The van der Waals surface area contributed by atoms with Gasteiger partial charge in [0.1, 0.15) is 10.6 Å². The molecule has 0 aromatic carbocycles. The van der Waals surface area contributed by atoms with E-state index in [1.807, 2.05) is 9.24 Å². The number of aromatic carboxylic acids is 1. The summed E-state index contributed by atoms with van der Waals surface area (Å²) < 4.78 is 36.2. The molecule has 1 atom stereocenters. The lowest BCUT2D eigenvalue weighted by Gasteiger charge is -2.10. The molecule has 0 aliphatic carbocycles. The molecule has 0 radical (unpaired) electrons. The second-order valence-electron chi connectivity index (χ2n) is 2.66. The molecule has 16 heavy (non-hydrogen) atoms. The highest BCUT2D eigenvalue weighted by Crippen LogP contribution is 2.36. The molecule has 4 nitrogen and oxygen atoms in total. The number of nitrogen functional groups attached to an aromatic ring is 1. The third-order valence-electron chi connectivity index (χ3n) is 1.56. The molecule has 0 aliphatic heterocycles. The summed E-state index contributed by atoms with van der Waals surface area (Å²) in [6.07, 6.45) is 0.805. The zero-order chi connectivity index (χ0) is 12.5. The monoisotopic (exact) mass is 270 g/mol. The summed E-state index contributed by atoms with van der Waals surface area (Å²) in [5.74, 6) is -1.34. The van der Waals surface area contributed by atoms with Gasteiger partial charge in [-0.2, -0.15) is 13.2 Å². The van der Waals surface area contributed by atoms with Gasteiger partial charge in [-0.05, 0) is 0 Å². The van der Waals surface area contributed by atoms with Crippen LogP contribution in [0.4, 0.5) is 18.9 Å². The van der Waals surface area contributed by atoms with Crippen molar-refractivity contribution in [2.45, 2.75) is 10.5 Å². The molecule has 1 aromatic heterocycles. The van der Waals surface area contributed by atoms with E-state index in [0.29, 0.717) is 0 Å². The van der Waals surface area contributed by atoms with Crippen molar-refractivity contribution in [2.75, 3.05) is 5.73 Å². The number of nitrogens with zero attached hydrogens (tertiary/aromatic N) is 1. The minimum Gasteiger partial charge on any atom is -0.478 e. The first-order valence-electron chi connectivity index (χ1n) is 3.75. The topological polar surface area (TPSA) is 76.2 Å². The van der Waals surface area contributed by atoms with Crippen molar-refractivity contribution in [1.82, 2.24) is 4.98 Å². The second-order valence-corrected chi connectivity index (χ2v) is 4.29. The van der Waals surface area contributed by atoms with Crippen LogP contribution in [-0.2, 0) is 0 Å². The molecule has 1 unspecified atom stereocenters. The van der Waals surface area contributed by atoms with E-state index in [1.165, 1.54) is 0 Å². The van der Waals surface area contributed by atoms with Gasteiger partial charge in [0.25, 0.3) is 0 Å². The van der Waals surface area contributed by atoms with E-state index in [1.54, 1.807) is 0 Å². The Labute approximate surface area is 94.6 Å². The zero-order valence-corrected chi connectivity index (χ0v) is 9.55. The Morgan fingerprint density at radius 1 is 1.56 bits per heavy atom. The number of nitrogens with two attached hydrogens (primary N) is 1. The van der Waals surface area contributed by atoms with E-state index >= 15 is 0 Å². The number of pyridine rings is 1. The molecule has 0 spiro atoms. The second kappa shape index (κ2) is 4.47. The van der Waals surface area contributed by atoms with Gasteiger partial charge in [-0.3, -0.25) is 0 Å². The fraction of sp³-hybridized carbons (Fsp3) is 0.143. The molecule has 1 aromatic rings. The number of carboxylic acids is 1. The Morgan fingerprint density at radius 2 is 2.12 bits per heavy atom. The molecule has 0 saturated heterocycles. The summed E-state index contributed by atoms with van der Waals surface area (Å²) in [5.41, 5.74) is 0.331. The van der Waals surface area contributed by atoms with Crippen molar-refractivity contribution in [3.63, 3.8) is 0 Å². The molecule has 88 valence electrons. The van der Waals surface area contributed by atoms with Gasteiger partial charge in [-0.15, -0.1) is 9.24 Å². The van der Waals surface area contributed by atoms with Crippen LogP contribution in [0.3, 0.4) is 0 Å². The molecular weight excluding hydrogens is 264 g/mol. The predicted octanol–water partition coefficient (Wildman–Crippen LogP) is 1.47. The van der Waals surface area contributed by atoms with Gasteiger partial charge in [0.15, 0.2) is 0 Å². The summed E-state index contributed by atoms with van der Waals surface area (Å²) in [5, 5.41) is 8.21. The van der Waals surface area contributed by atoms with Crippen LogP contribution in [-0.4, -0.2) is 21.6 Å². The number of anilines is 1. The Kier molecular flexibility index (Phi) is 3.64.